The third-order valence-corrected chi connectivity index (χ3v) is 2.32. The maximum Gasteiger partial charge on any atom is 0.248 e. The Morgan fingerprint density at radius 3 is 2.69 bits per heavy atom. The summed E-state index contributed by atoms with van der Waals surface area (Å²) in [6.07, 6.45) is 1.99. The average molecular weight is 221 g/mol. The fourth-order valence-electron chi connectivity index (χ4n) is 1.56. The van der Waals surface area contributed by atoms with Crippen LogP contribution in [0.25, 0.3) is 0 Å². The Kier molecular flexibility index (Phi) is 4.99. The van der Waals surface area contributed by atoms with Gasteiger partial charge in [0.25, 0.3) is 0 Å². The molecular formula is C13H19NO2. The Hall–Kier alpha value is -1.35. The molecule has 0 saturated carbocycles. The highest BCUT2D eigenvalue weighted by molar-refractivity contribution is 5.94. The molecule has 0 aromatic heterocycles. The molecule has 0 saturated heterocycles. The molecule has 1 amide bonds. The smallest absolute Gasteiger partial charge is 0.248 e. The van der Waals surface area contributed by atoms with E-state index in [2.05, 4.69) is 0 Å². The highest BCUT2D eigenvalue weighted by atomic mass is 16.5. The van der Waals surface area contributed by atoms with E-state index in [9.17, 15) is 4.79 Å². The Balaban J connectivity index is 2.50. The lowest BCUT2D eigenvalue weighted by molar-refractivity contribution is 0.0770. The van der Waals surface area contributed by atoms with Gasteiger partial charge in [-0.3, -0.25) is 4.79 Å². The van der Waals surface area contributed by atoms with E-state index in [0.717, 1.165) is 18.4 Å². The summed E-state index contributed by atoms with van der Waals surface area (Å²) in [6, 6.07) is 7.45. The first-order valence-electron chi connectivity index (χ1n) is 5.60. The monoisotopic (exact) mass is 221 g/mol. The Morgan fingerprint density at radius 2 is 2.06 bits per heavy atom. The van der Waals surface area contributed by atoms with Gasteiger partial charge in [-0.1, -0.05) is 18.2 Å². The number of aryl methyl sites for hydroxylation is 1. The minimum absolute atomic E-state index is 0.256. The number of amides is 1. The third kappa shape index (κ3) is 4.03. The molecule has 16 heavy (non-hydrogen) atoms. The summed E-state index contributed by atoms with van der Waals surface area (Å²) in [5, 5.41) is 0. The molecule has 0 radical (unpaired) electrons. The number of nitrogens with two attached hydrogens (primary N) is 1. The van der Waals surface area contributed by atoms with E-state index in [4.69, 9.17) is 10.5 Å². The summed E-state index contributed by atoms with van der Waals surface area (Å²) in [6.45, 7) is 4.74. The number of benzene rings is 1. The first-order valence-corrected chi connectivity index (χ1v) is 5.60. The topological polar surface area (TPSA) is 52.3 Å². The van der Waals surface area contributed by atoms with Gasteiger partial charge in [-0.05, 0) is 38.3 Å². The minimum atomic E-state index is -0.361. The lowest BCUT2D eigenvalue weighted by atomic mass is 10.0. The molecule has 0 spiro atoms. The van der Waals surface area contributed by atoms with Crippen LogP contribution in [0.2, 0.25) is 0 Å². The van der Waals surface area contributed by atoms with E-state index < -0.39 is 0 Å². The average Bonchev–Trinajstić information content (AvgIpc) is 2.24. The standard InChI is InChI=1S/C13H19NO2/c1-10(2)16-9-5-7-11-6-3-4-8-12(11)13(14)15/h3-4,6,8,10H,5,7,9H2,1-2H3,(H2,14,15). The van der Waals surface area contributed by atoms with Crippen molar-refractivity contribution in [2.24, 2.45) is 5.73 Å². The van der Waals surface area contributed by atoms with Crippen molar-refractivity contribution in [3.63, 3.8) is 0 Å². The minimum Gasteiger partial charge on any atom is -0.379 e. The summed E-state index contributed by atoms with van der Waals surface area (Å²) in [7, 11) is 0. The van der Waals surface area contributed by atoms with Crippen molar-refractivity contribution >= 4 is 5.91 Å². The van der Waals surface area contributed by atoms with Gasteiger partial charge in [0.1, 0.15) is 0 Å². The van der Waals surface area contributed by atoms with Gasteiger partial charge in [-0.15, -0.1) is 0 Å². The summed E-state index contributed by atoms with van der Waals surface area (Å²) < 4.78 is 5.45. The summed E-state index contributed by atoms with van der Waals surface area (Å²) in [5.74, 6) is -0.361. The number of hydrogen-bond donors (Lipinski definition) is 1. The number of rotatable bonds is 6. The molecule has 1 aromatic rings. The molecular weight excluding hydrogens is 202 g/mol. The van der Waals surface area contributed by atoms with E-state index in [1.54, 1.807) is 6.07 Å². The quantitative estimate of drug-likeness (QED) is 0.748. The number of ether oxygens (including phenoxy) is 1. The highest BCUT2D eigenvalue weighted by Crippen LogP contribution is 2.10. The van der Waals surface area contributed by atoms with E-state index in [-0.39, 0.29) is 12.0 Å². The predicted octanol–water partition coefficient (Wildman–Crippen LogP) is 2.14. The van der Waals surface area contributed by atoms with Crippen molar-refractivity contribution in [2.45, 2.75) is 32.8 Å². The van der Waals surface area contributed by atoms with Gasteiger partial charge in [-0.2, -0.15) is 0 Å². The zero-order valence-corrected chi connectivity index (χ0v) is 9.90. The van der Waals surface area contributed by atoms with Crippen LogP contribution in [0.4, 0.5) is 0 Å². The maximum absolute atomic E-state index is 11.2. The molecule has 2 N–H and O–H groups in total. The van der Waals surface area contributed by atoms with E-state index >= 15 is 0 Å². The second-order valence-corrected chi connectivity index (χ2v) is 4.04. The van der Waals surface area contributed by atoms with Gasteiger partial charge in [-0.25, -0.2) is 0 Å². The molecule has 0 unspecified atom stereocenters. The van der Waals surface area contributed by atoms with Crippen LogP contribution in [0, 0.1) is 0 Å². The van der Waals surface area contributed by atoms with Crippen LogP contribution in [0.1, 0.15) is 36.2 Å². The predicted molar refractivity (Wildman–Crippen MR) is 64.4 cm³/mol. The molecule has 1 aromatic carbocycles. The second-order valence-electron chi connectivity index (χ2n) is 4.04. The largest absolute Gasteiger partial charge is 0.379 e. The van der Waals surface area contributed by atoms with Gasteiger partial charge in [0.15, 0.2) is 0 Å². The lowest BCUT2D eigenvalue weighted by Crippen LogP contribution is -2.14. The first kappa shape index (κ1) is 12.7. The normalized spacial score (nSPS) is 10.7. The molecule has 0 aliphatic heterocycles. The van der Waals surface area contributed by atoms with E-state index in [1.165, 1.54) is 0 Å². The molecule has 0 aliphatic carbocycles. The molecule has 0 aliphatic rings. The molecule has 0 heterocycles. The number of carbonyl (C=O) groups is 1. The fourth-order valence-corrected chi connectivity index (χ4v) is 1.56. The highest BCUT2D eigenvalue weighted by Gasteiger charge is 2.06. The molecule has 3 heteroatoms. The fraction of sp³-hybridized carbons (Fsp3) is 0.462. The van der Waals surface area contributed by atoms with Crippen molar-refractivity contribution in [2.75, 3.05) is 6.61 Å². The Morgan fingerprint density at radius 1 is 1.38 bits per heavy atom. The first-order chi connectivity index (χ1) is 7.61. The van der Waals surface area contributed by atoms with Crippen LogP contribution in [0.5, 0.6) is 0 Å². The molecule has 0 bridgehead atoms. The Labute approximate surface area is 96.6 Å². The zero-order chi connectivity index (χ0) is 12.0. The van der Waals surface area contributed by atoms with Gasteiger partial charge < -0.3 is 10.5 Å². The van der Waals surface area contributed by atoms with Crippen molar-refractivity contribution in [3.05, 3.63) is 35.4 Å². The van der Waals surface area contributed by atoms with Crippen molar-refractivity contribution in [1.82, 2.24) is 0 Å². The molecule has 0 atom stereocenters. The van der Waals surface area contributed by atoms with Crippen molar-refractivity contribution in [1.29, 1.82) is 0 Å². The number of primary amides is 1. The summed E-state index contributed by atoms with van der Waals surface area (Å²) in [5.41, 5.74) is 6.92. The molecule has 3 nitrogen and oxygen atoms in total. The lowest BCUT2D eigenvalue weighted by Gasteiger charge is -2.08. The number of hydrogen-bond acceptors (Lipinski definition) is 2. The van der Waals surface area contributed by atoms with Gasteiger partial charge in [0.2, 0.25) is 5.91 Å². The van der Waals surface area contributed by atoms with Crippen molar-refractivity contribution in [3.8, 4) is 0 Å². The third-order valence-electron chi connectivity index (χ3n) is 2.32. The number of carbonyl (C=O) groups excluding carboxylic acids is 1. The van der Waals surface area contributed by atoms with Gasteiger partial charge >= 0.3 is 0 Å². The van der Waals surface area contributed by atoms with Crippen LogP contribution in [-0.4, -0.2) is 18.6 Å². The van der Waals surface area contributed by atoms with Crippen LogP contribution in [0.15, 0.2) is 24.3 Å². The molecule has 1 rings (SSSR count). The molecule has 88 valence electrons. The maximum atomic E-state index is 11.2. The summed E-state index contributed by atoms with van der Waals surface area (Å²) >= 11 is 0. The van der Waals surface area contributed by atoms with Crippen molar-refractivity contribution < 1.29 is 9.53 Å². The van der Waals surface area contributed by atoms with Crippen LogP contribution >= 0.6 is 0 Å². The van der Waals surface area contributed by atoms with Gasteiger partial charge in [0, 0.05) is 12.2 Å². The summed E-state index contributed by atoms with van der Waals surface area (Å²) in [4.78, 5) is 11.2. The van der Waals surface area contributed by atoms with Crippen LogP contribution in [-0.2, 0) is 11.2 Å². The van der Waals surface area contributed by atoms with Crippen LogP contribution < -0.4 is 5.73 Å². The second kappa shape index (κ2) is 6.28. The van der Waals surface area contributed by atoms with E-state index in [1.807, 2.05) is 32.0 Å². The Bertz CT molecular complexity index is 348. The van der Waals surface area contributed by atoms with Crippen LogP contribution in [0.3, 0.4) is 0 Å². The zero-order valence-electron chi connectivity index (χ0n) is 9.90. The van der Waals surface area contributed by atoms with Gasteiger partial charge in [0.05, 0.1) is 6.10 Å². The SMILES string of the molecule is CC(C)OCCCc1ccccc1C(N)=O. The molecule has 0 fully saturated rings. The van der Waals surface area contributed by atoms with E-state index in [0.29, 0.717) is 12.2 Å².